The molecule has 0 saturated heterocycles. The van der Waals surface area contributed by atoms with E-state index in [9.17, 15) is 17.3 Å². The fourth-order valence-electron chi connectivity index (χ4n) is 1.90. The van der Waals surface area contributed by atoms with Gasteiger partial charge in [0.25, 0.3) is 0 Å². The molecule has 1 heterocycles. The summed E-state index contributed by atoms with van der Waals surface area (Å²) in [5.74, 6) is 0. The molecule has 0 aliphatic heterocycles. The average molecular weight is 357 g/mol. The second kappa shape index (κ2) is 6.88. The third kappa shape index (κ3) is 4.99. The van der Waals surface area contributed by atoms with Gasteiger partial charge in [-0.05, 0) is 0 Å². The van der Waals surface area contributed by atoms with Crippen LogP contribution in [0.1, 0.15) is 0 Å². The molecule has 0 bridgehead atoms. The van der Waals surface area contributed by atoms with E-state index in [1.807, 2.05) is 0 Å². The molecule has 3 rings (SSSR count). The monoisotopic (exact) mass is 358 g/mol. The Balaban J connectivity index is 0.000000282. The van der Waals surface area contributed by atoms with Crippen LogP contribution in [0.15, 0.2) is 65.6 Å². The number of hydrogen-bond acceptors (Lipinski definition) is 0. The van der Waals surface area contributed by atoms with Gasteiger partial charge in [-0.3, -0.25) is 0 Å². The first kappa shape index (κ1) is 15.7. The van der Waals surface area contributed by atoms with Crippen molar-refractivity contribution in [1.82, 2.24) is 0 Å². The quantitative estimate of drug-likeness (QED) is 0.418. The Kier molecular flexibility index (Phi) is 5.15. The van der Waals surface area contributed by atoms with Crippen LogP contribution in [0.2, 0.25) is 0 Å². The Morgan fingerprint density at radius 2 is 1.29 bits per heavy atom. The molecule has 108 valence electrons. The second-order valence-corrected chi connectivity index (χ2v) is 6.12. The molecular formula is C15H11BF4Se. The van der Waals surface area contributed by atoms with Crippen LogP contribution in [0, 0.1) is 0 Å². The van der Waals surface area contributed by atoms with Crippen molar-refractivity contribution in [3.05, 3.63) is 65.6 Å². The van der Waals surface area contributed by atoms with Gasteiger partial charge in [0.05, 0.1) is 0 Å². The number of benzene rings is 2. The van der Waals surface area contributed by atoms with Crippen molar-refractivity contribution < 1.29 is 17.3 Å². The van der Waals surface area contributed by atoms with Gasteiger partial charge in [0.1, 0.15) is 0 Å². The summed E-state index contributed by atoms with van der Waals surface area (Å²) in [5, 5.41) is 2.74. The van der Waals surface area contributed by atoms with E-state index < -0.39 is 7.25 Å². The Bertz CT molecular complexity index is 702. The van der Waals surface area contributed by atoms with Crippen molar-refractivity contribution in [2.24, 2.45) is 0 Å². The van der Waals surface area contributed by atoms with Gasteiger partial charge < -0.3 is 17.3 Å². The van der Waals surface area contributed by atoms with Crippen LogP contribution in [-0.4, -0.2) is 21.8 Å². The first-order valence-electron chi connectivity index (χ1n) is 6.17. The molecule has 0 radical (unpaired) electrons. The zero-order chi connectivity index (χ0) is 15.3. The molecule has 2 aromatic carbocycles. The van der Waals surface area contributed by atoms with Gasteiger partial charge in [-0.2, -0.15) is 0 Å². The Hall–Kier alpha value is -1.65. The molecule has 0 nitrogen and oxygen atoms in total. The van der Waals surface area contributed by atoms with Gasteiger partial charge in [0, 0.05) is 0 Å². The van der Waals surface area contributed by atoms with Crippen molar-refractivity contribution in [2.45, 2.75) is 0 Å². The van der Waals surface area contributed by atoms with E-state index in [1.54, 1.807) is 0 Å². The first-order valence-corrected chi connectivity index (χ1v) is 8.02. The van der Waals surface area contributed by atoms with Crippen LogP contribution in [0.3, 0.4) is 0 Å². The van der Waals surface area contributed by atoms with Crippen molar-refractivity contribution >= 4 is 32.5 Å². The van der Waals surface area contributed by atoms with Crippen molar-refractivity contribution in [2.75, 3.05) is 0 Å². The Morgan fingerprint density at radius 1 is 0.714 bits per heavy atom. The summed E-state index contributed by atoms with van der Waals surface area (Å²) >= 11 is 0.454. The standard InChI is InChI=1S/C15H11Se.BF4/c1-2-7-13(8-3-1)15-14-9-5-4-6-12(14)10-11-16-15;2-1(3,4)5/h1-11H;/q+1;-1. The van der Waals surface area contributed by atoms with Crippen LogP contribution < -0.4 is 0 Å². The molecular weight excluding hydrogens is 346 g/mol. The van der Waals surface area contributed by atoms with Crippen LogP contribution >= 0.6 is 0 Å². The van der Waals surface area contributed by atoms with Crippen LogP contribution in [0.4, 0.5) is 17.3 Å². The molecule has 6 heteroatoms. The van der Waals surface area contributed by atoms with Gasteiger partial charge in [0.15, 0.2) is 0 Å². The van der Waals surface area contributed by atoms with E-state index >= 15 is 0 Å². The third-order valence-corrected chi connectivity index (χ3v) is 4.70. The summed E-state index contributed by atoms with van der Waals surface area (Å²) in [7, 11) is -6.00. The predicted octanol–water partition coefficient (Wildman–Crippen LogP) is 5.14. The molecule has 1 aromatic heterocycles. The van der Waals surface area contributed by atoms with Gasteiger partial charge in [0.2, 0.25) is 0 Å². The van der Waals surface area contributed by atoms with E-state index in [0.717, 1.165) is 0 Å². The molecule has 0 saturated carbocycles. The molecule has 3 aromatic rings. The maximum absolute atomic E-state index is 9.75. The Labute approximate surface area is 125 Å². The molecule has 0 atom stereocenters. The molecule has 0 N–H and O–H groups in total. The van der Waals surface area contributed by atoms with Gasteiger partial charge in [-0.1, -0.05) is 0 Å². The number of hydrogen-bond donors (Lipinski definition) is 0. The SMILES string of the molecule is F[B-](F)(F)F.c1ccc(-c2[se+]ccc3ccccc23)cc1. The second-order valence-electron chi connectivity index (χ2n) is 4.20. The minimum absolute atomic E-state index is 0.454. The van der Waals surface area contributed by atoms with Crippen molar-refractivity contribution in [3.63, 3.8) is 0 Å². The summed E-state index contributed by atoms with van der Waals surface area (Å²) < 4.78 is 40.5. The van der Waals surface area contributed by atoms with Gasteiger partial charge in [-0.15, -0.1) is 0 Å². The van der Waals surface area contributed by atoms with Crippen molar-refractivity contribution in [1.29, 1.82) is 0 Å². The fourth-order valence-corrected chi connectivity index (χ4v) is 3.86. The summed E-state index contributed by atoms with van der Waals surface area (Å²) in [5.41, 5.74) is 1.36. The molecule has 21 heavy (non-hydrogen) atoms. The third-order valence-electron chi connectivity index (χ3n) is 2.67. The normalized spacial score (nSPS) is 10.9. The fraction of sp³-hybridized carbons (Fsp3) is 0. The zero-order valence-electron chi connectivity index (χ0n) is 10.8. The van der Waals surface area contributed by atoms with E-state index in [2.05, 4.69) is 65.6 Å². The molecule has 0 aliphatic carbocycles. The van der Waals surface area contributed by atoms with Crippen LogP contribution in [0.5, 0.6) is 0 Å². The van der Waals surface area contributed by atoms with Crippen molar-refractivity contribution in [3.8, 4) is 10.0 Å². The summed E-state index contributed by atoms with van der Waals surface area (Å²) in [6.45, 7) is 0. The molecule has 0 spiro atoms. The number of halogens is 4. The van der Waals surface area contributed by atoms with Crippen LogP contribution in [-0.2, 0) is 0 Å². The van der Waals surface area contributed by atoms with E-state index in [-0.39, 0.29) is 0 Å². The predicted molar refractivity (Wildman–Crippen MR) is 80.9 cm³/mol. The molecule has 0 fully saturated rings. The van der Waals surface area contributed by atoms with E-state index in [1.165, 1.54) is 20.8 Å². The first-order chi connectivity index (χ1) is 9.95. The Morgan fingerprint density at radius 3 is 1.95 bits per heavy atom. The summed E-state index contributed by atoms with van der Waals surface area (Å²) in [6, 6.07) is 21.6. The van der Waals surface area contributed by atoms with E-state index in [4.69, 9.17) is 0 Å². The average Bonchev–Trinajstić information content (AvgIpc) is 2.46. The zero-order valence-corrected chi connectivity index (χ0v) is 12.6. The molecule has 0 aliphatic rings. The molecule has 0 unspecified atom stereocenters. The minimum atomic E-state index is -6.00. The molecule has 0 amide bonds. The van der Waals surface area contributed by atoms with Gasteiger partial charge >= 0.3 is 108 Å². The van der Waals surface area contributed by atoms with Gasteiger partial charge in [-0.25, -0.2) is 0 Å². The van der Waals surface area contributed by atoms with Crippen LogP contribution in [0.25, 0.3) is 20.8 Å². The maximum atomic E-state index is 9.75. The summed E-state index contributed by atoms with van der Waals surface area (Å²) in [4.78, 5) is 2.30. The number of rotatable bonds is 1. The number of fused-ring (bicyclic) bond motifs is 1. The summed E-state index contributed by atoms with van der Waals surface area (Å²) in [6.07, 6.45) is 0. The van der Waals surface area contributed by atoms with E-state index in [0.29, 0.717) is 14.5 Å². The topological polar surface area (TPSA) is 0 Å².